The molecule has 0 radical (unpaired) electrons. The van der Waals surface area contributed by atoms with Gasteiger partial charge in [-0.05, 0) is 24.2 Å². The van der Waals surface area contributed by atoms with Crippen LogP contribution >= 0.6 is 0 Å². The van der Waals surface area contributed by atoms with E-state index in [0.29, 0.717) is 6.61 Å². The van der Waals surface area contributed by atoms with Gasteiger partial charge in [0.1, 0.15) is 0 Å². The number of nitrogens with one attached hydrogen (secondary N) is 1. The summed E-state index contributed by atoms with van der Waals surface area (Å²) in [6.45, 7) is 9.01. The van der Waals surface area contributed by atoms with E-state index in [1.54, 1.807) is 0 Å². The number of ether oxygens (including phenoxy) is 1. The van der Waals surface area contributed by atoms with Crippen molar-refractivity contribution >= 4 is 6.09 Å². The molecule has 0 aliphatic heterocycles. The predicted molar refractivity (Wildman–Crippen MR) is 65.4 cm³/mol. The van der Waals surface area contributed by atoms with Gasteiger partial charge in [-0.15, -0.1) is 0 Å². The highest BCUT2D eigenvalue weighted by atomic mass is 16.5. The zero-order valence-corrected chi connectivity index (χ0v) is 11.0. The Morgan fingerprint density at radius 1 is 1.44 bits per heavy atom. The van der Waals surface area contributed by atoms with Crippen molar-refractivity contribution in [3.05, 3.63) is 0 Å². The summed E-state index contributed by atoms with van der Waals surface area (Å²) in [7, 11) is 0. The van der Waals surface area contributed by atoms with Crippen LogP contribution < -0.4 is 5.32 Å². The molecule has 0 aromatic carbocycles. The SMILES string of the molecule is CCCOC(=O)NC(CC1CC1)C(C)(C)C. The van der Waals surface area contributed by atoms with Crippen LogP contribution in [-0.2, 0) is 4.74 Å². The molecule has 3 heteroatoms. The number of alkyl carbamates (subject to hydrolysis) is 1. The van der Waals surface area contributed by atoms with Gasteiger partial charge in [-0.3, -0.25) is 0 Å². The number of carbonyl (C=O) groups is 1. The van der Waals surface area contributed by atoms with Gasteiger partial charge in [0, 0.05) is 6.04 Å². The molecule has 1 unspecified atom stereocenters. The molecule has 1 saturated carbocycles. The molecule has 1 fully saturated rings. The fourth-order valence-corrected chi connectivity index (χ4v) is 1.69. The fraction of sp³-hybridized carbons (Fsp3) is 0.923. The Labute approximate surface area is 98.9 Å². The predicted octanol–water partition coefficient (Wildman–Crippen LogP) is 3.34. The van der Waals surface area contributed by atoms with Crippen molar-refractivity contribution in [2.24, 2.45) is 11.3 Å². The lowest BCUT2D eigenvalue weighted by Crippen LogP contribution is -2.44. The Bertz CT molecular complexity index is 229. The van der Waals surface area contributed by atoms with Crippen LogP contribution in [0.15, 0.2) is 0 Å². The second-order valence-corrected chi connectivity index (χ2v) is 5.88. The minimum absolute atomic E-state index is 0.105. The summed E-state index contributed by atoms with van der Waals surface area (Å²) in [5.74, 6) is 0.815. The number of hydrogen-bond donors (Lipinski definition) is 1. The number of hydrogen-bond acceptors (Lipinski definition) is 2. The Morgan fingerprint density at radius 2 is 2.06 bits per heavy atom. The molecule has 1 rings (SSSR count). The summed E-state index contributed by atoms with van der Waals surface area (Å²) < 4.78 is 5.07. The Balaban J connectivity index is 2.39. The standard InChI is InChI=1S/C13H25NO2/c1-5-8-16-12(15)14-11(13(2,3)4)9-10-6-7-10/h10-11H,5-9H2,1-4H3,(H,14,15). The van der Waals surface area contributed by atoms with E-state index in [4.69, 9.17) is 4.74 Å². The van der Waals surface area contributed by atoms with Gasteiger partial charge >= 0.3 is 6.09 Å². The minimum Gasteiger partial charge on any atom is -0.450 e. The molecular weight excluding hydrogens is 202 g/mol. The monoisotopic (exact) mass is 227 g/mol. The molecule has 0 bridgehead atoms. The van der Waals surface area contributed by atoms with E-state index in [2.05, 4.69) is 26.1 Å². The molecule has 1 N–H and O–H groups in total. The van der Waals surface area contributed by atoms with E-state index >= 15 is 0 Å². The second kappa shape index (κ2) is 5.55. The summed E-state index contributed by atoms with van der Waals surface area (Å²) in [6.07, 6.45) is 4.33. The molecular formula is C13H25NO2. The highest BCUT2D eigenvalue weighted by Crippen LogP contribution is 2.37. The Hall–Kier alpha value is -0.730. The molecule has 0 spiro atoms. The molecule has 16 heavy (non-hydrogen) atoms. The maximum absolute atomic E-state index is 11.5. The van der Waals surface area contributed by atoms with E-state index in [-0.39, 0.29) is 17.6 Å². The zero-order chi connectivity index (χ0) is 12.2. The van der Waals surface area contributed by atoms with Crippen LogP contribution in [0.5, 0.6) is 0 Å². The third-order valence-corrected chi connectivity index (χ3v) is 3.04. The van der Waals surface area contributed by atoms with Gasteiger partial charge in [0.25, 0.3) is 0 Å². The van der Waals surface area contributed by atoms with Crippen LogP contribution in [0.25, 0.3) is 0 Å². The fourth-order valence-electron chi connectivity index (χ4n) is 1.69. The second-order valence-electron chi connectivity index (χ2n) is 5.88. The molecule has 1 aliphatic carbocycles. The molecule has 94 valence electrons. The molecule has 0 saturated heterocycles. The van der Waals surface area contributed by atoms with Crippen molar-refractivity contribution in [3.63, 3.8) is 0 Å². The highest BCUT2D eigenvalue weighted by Gasteiger charge is 2.33. The first-order chi connectivity index (χ1) is 7.43. The summed E-state index contributed by atoms with van der Waals surface area (Å²) >= 11 is 0. The first-order valence-corrected chi connectivity index (χ1v) is 6.36. The van der Waals surface area contributed by atoms with Gasteiger partial charge < -0.3 is 10.1 Å². The summed E-state index contributed by atoms with van der Waals surface area (Å²) in [6, 6.07) is 0.226. The smallest absolute Gasteiger partial charge is 0.407 e. The quantitative estimate of drug-likeness (QED) is 0.782. The van der Waals surface area contributed by atoms with Crippen molar-refractivity contribution in [1.82, 2.24) is 5.32 Å². The average molecular weight is 227 g/mol. The summed E-state index contributed by atoms with van der Waals surface area (Å²) in [5, 5.41) is 3.00. The van der Waals surface area contributed by atoms with Crippen LogP contribution in [0.4, 0.5) is 4.79 Å². The van der Waals surface area contributed by atoms with E-state index in [0.717, 1.165) is 18.8 Å². The third kappa shape index (κ3) is 4.86. The molecule has 1 atom stereocenters. The van der Waals surface area contributed by atoms with Crippen molar-refractivity contribution in [2.45, 2.75) is 59.4 Å². The van der Waals surface area contributed by atoms with Gasteiger partial charge in [-0.25, -0.2) is 4.79 Å². The van der Waals surface area contributed by atoms with Gasteiger partial charge in [0.15, 0.2) is 0 Å². The van der Waals surface area contributed by atoms with Crippen molar-refractivity contribution in [1.29, 1.82) is 0 Å². The number of rotatable bonds is 5. The van der Waals surface area contributed by atoms with Gasteiger partial charge in [0.2, 0.25) is 0 Å². The maximum atomic E-state index is 11.5. The van der Waals surface area contributed by atoms with E-state index < -0.39 is 0 Å². The summed E-state index contributed by atoms with van der Waals surface area (Å²) in [5.41, 5.74) is 0.105. The zero-order valence-electron chi connectivity index (χ0n) is 11.0. The molecule has 0 aromatic heterocycles. The number of carbonyl (C=O) groups excluding carboxylic acids is 1. The average Bonchev–Trinajstić information content (AvgIpc) is 2.96. The number of amides is 1. The van der Waals surface area contributed by atoms with Crippen molar-refractivity contribution < 1.29 is 9.53 Å². The molecule has 0 heterocycles. The van der Waals surface area contributed by atoms with Crippen molar-refractivity contribution in [3.8, 4) is 0 Å². The summed E-state index contributed by atoms with van der Waals surface area (Å²) in [4.78, 5) is 11.5. The molecule has 1 amide bonds. The van der Waals surface area contributed by atoms with Gasteiger partial charge in [0.05, 0.1) is 6.61 Å². The van der Waals surface area contributed by atoms with Crippen LogP contribution in [0.3, 0.4) is 0 Å². The lowest BCUT2D eigenvalue weighted by atomic mass is 9.83. The van der Waals surface area contributed by atoms with Crippen LogP contribution in [0.1, 0.15) is 53.4 Å². The van der Waals surface area contributed by atoms with Gasteiger partial charge in [-0.2, -0.15) is 0 Å². The normalized spacial score (nSPS) is 18.0. The topological polar surface area (TPSA) is 38.3 Å². The lowest BCUT2D eigenvalue weighted by Gasteiger charge is -2.31. The van der Waals surface area contributed by atoms with Crippen LogP contribution in [0, 0.1) is 11.3 Å². The Kier molecular flexibility index (Phi) is 4.63. The maximum Gasteiger partial charge on any atom is 0.407 e. The first kappa shape index (κ1) is 13.3. The first-order valence-electron chi connectivity index (χ1n) is 6.36. The third-order valence-electron chi connectivity index (χ3n) is 3.04. The van der Waals surface area contributed by atoms with Gasteiger partial charge in [-0.1, -0.05) is 40.5 Å². The molecule has 1 aliphatic rings. The minimum atomic E-state index is -0.262. The van der Waals surface area contributed by atoms with E-state index in [1.165, 1.54) is 12.8 Å². The lowest BCUT2D eigenvalue weighted by molar-refractivity contribution is 0.129. The van der Waals surface area contributed by atoms with E-state index in [9.17, 15) is 4.79 Å². The molecule has 3 nitrogen and oxygen atoms in total. The molecule has 0 aromatic rings. The highest BCUT2D eigenvalue weighted by molar-refractivity contribution is 5.67. The Morgan fingerprint density at radius 3 is 2.50 bits per heavy atom. The largest absolute Gasteiger partial charge is 0.450 e. The van der Waals surface area contributed by atoms with Crippen LogP contribution in [-0.4, -0.2) is 18.7 Å². The van der Waals surface area contributed by atoms with Crippen LogP contribution in [0.2, 0.25) is 0 Å². The van der Waals surface area contributed by atoms with E-state index in [1.807, 2.05) is 6.92 Å². The van der Waals surface area contributed by atoms with Crippen molar-refractivity contribution in [2.75, 3.05) is 6.61 Å².